The van der Waals surface area contributed by atoms with Crippen molar-refractivity contribution >= 4 is 27.5 Å². The number of fused-ring (bicyclic) bond motifs is 1. The highest BCUT2D eigenvalue weighted by molar-refractivity contribution is 7.18. The van der Waals surface area contributed by atoms with Crippen molar-refractivity contribution in [2.45, 2.75) is 25.9 Å². The Morgan fingerprint density at radius 1 is 1.10 bits per heavy atom. The Balaban J connectivity index is 1.18. The van der Waals surface area contributed by atoms with Gasteiger partial charge in [0, 0.05) is 51.4 Å². The van der Waals surface area contributed by atoms with Crippen LogP contribution in [-0.2, 0) is 16.1 Å². The van der Waals surface area contributed by atoms with Crippen LogP contribution in [0.1, 0.15) is 18.9 Å². The maximum Gasteiger partial charge on any atom is 0.234 e. The molecule has 0 aliphatic carbocycles. The molecule has 1 aromatic carbocycles. The Morgan fingerprint density at radius 2 is 1.80 bits per heavy atom. The number of nitrogens with one attached hydrogen (secondary N) is 1. The third-order valence-corrected chi connectivity index (χ3v) is 7.14. The lowest BCUT2D eigenvalue weighted by molar-refractivity contribution is -0.123. The van der Waals surface area contributed by atoms with Gasteiger partial charge in [0.2, 0.25) is 5.91 Å². The van der Waals surface area contributed by atoms with E-state index in [1.807, 2.05) is 6.07 Å². The SMILES string of the molecule is CC(C)(CNC(=O)CN1CCN(Cc2nc3ccccc3s2)CC1)N1CCOCC1. The molecule has 2 aliphatic heterocycles. The quantitative estimate of drug-likeness (QED) is 0.719. The number of carbonyl (C=O) groups excluding carboxylic acids is 1. The van der Waals surface area contributed by atoms with E-state index >= 15 is 0 Å². The highest BCUT2D eigenvalue weighted by atomic mass is 32.1. The first-order chi connectivity index (χ1) is 14.5. The van der Waals surface area contributed by atoms with Gasteiger partial charge in [-0.2, -0.15) is 0 Å². The summed E-state index contributed by atoms with van der Waals surface area (Å²) in [6.45, 7) is 13.6. The van der Waals surface area contributed by atoms with Crippen molar-refractivity contribution in [2.75, 3.05) is 65.6 Å². The van der Waals surface area contributed by atoms with Gasteiger partial charge in [-0.05, 0) is 26.0 Å². The fraction of sp³-hybridized carbons (Fsp3) is 0.636. The van der Waals surface area contributed by atoms with Crippen molar-refractivity contribution < 1.29 is 9.53 Å². The van der Waals surface area contributed by atoms with Gasteiger partial charge in [0.05, 0.1) is 36.5 Å². The third kappa shape index (κ3) is 5.56. The van der Waals surface area contributed by atoms with Gasteiger partial charge in [-0.1, -0.05) is 12.1 Å². The standard InChI is InChI=1S/C22H33N5O2S/c1-22(2,27-11-13-29-14-12-27)17-23-20(28)15-25-7-9-26(10-8-25)16-21-24-18-5-3-4-6-19(18)30-21/h3-6H,7-17H2,1-2H3,(H,23,28). The van der Waals surface area contributed by atoms with Gasteiger partial charge in [-0.15, -0.1) is 11.3 Å². The number of morpholine rings is 1. The number of carbonyl (C=O) groups is 1. The minimum Gasteiger partial charge on any atom is -0.379 e. The molecule has 1 amide bonds. The highest BCUT2D eigenvalue weighted by Crippen LogP contribution is 2.23. The van der Waals surface area contributed by atoms with Crippen molar-refractivity contribution in [3.63, 3.8) is 0 Å². The second-order valence-electron chi connectivity index (χ2n) is 8.82. The summed E-state index contributed by atoms with van der Waals surface area (Å²) in [5.74, 6) is 0.121. The van der Waals surface area contributed by atoms with Gasteiger partial charge in [0.15, 0.2) is 0 Å². The first-order valence-electron chi connectivity index (χ1n) is 10.9. The molecule has 1 aromatic heterocycles. The third-order valence-electron chi connectivity index (χ3n) is 6.11. The molecule has 0 unspecified atom stereocenters. The molecule has 2 saturated heterocycles. The first-order valence-corrected chi connectivity index (χ1v) is 11.7. The lowest BCUT2D eigenvalue weighted by atomic mass is 10.0. The molecule has 0 radical (unpaired) electrons. The summed E-state index contributed by atoms with van der Waals surface area (Å²) in [5.41, 5.74) is 1.04. The summed E-state index contributed by atoms with van der Waals surface area (Å²) in [7, 11) is 0. The molecule has 30 heavy (non-hydrogen) atoms. The van der Waals surface area contributed by atoms with Crippen LogP contribution in [0, 0.1) is 0 Å². The molecule has 0 spiro atoms. The number of nitrogens with zero attached hydrogens (tertiary/aromatic N) is 4. The number of benzene rings is 1. The van der Waals surface area contributed by atoms with Crippen LogP contribution in [0.2, 0.25) is 0 Å². The molecule has 2 fully saturated rings. The Bertz CT molecular complexity index is 808. The average Bonchev–Trinajstić information content (AvgIpc) is 3.17. The van der Waals surface area contributed by atoms with E-state index in [0.29, 0.717) is 13.1 Å². The Hall–Kier alpha value is -1.58. The number of piperazine rings is 1. The molecule has 2 aromatic rings. The van der Waals surface area contributed by atoms with E-state index < -0.39 is 0 Å². The van der Waals surface area contributed by atoms with Crippen LogP contribution in [-0.4, -0.2) is 96.7 Å². The predicted octanol–water partition coefficient (Wildman–Crippen LogP) is 1.64. The van der Waals surface area contributed by atoms with Crippen molar-refractivity contribution in [2.24, 2.45) is 0 Å². The van der Waals surface area contributed by atoms with E-state index in [4.69, 9.17) is 9.72 Å². The van der Waals surface area contributed by atoms with Crippen molar-refractivity contribution in [3.8, 4) is 0 Å². The normalized spacial score (nSPS) is 19.9. The summed E-state index contributed by atoms with van der Waals surface area (Å²) < 4.78 is 6.69. The van der Waals surface area contributed by atoms with Gasteiger partial charge in [-0.3, -0.25) is 19.5 Å². The van der Waals surface area contributed by atoms with Crippen LogP contribution in [0.25, 0.3) is 10.2 Å². The van der Waals surface area contributed by atoms with Crippen LogP contribution in [0.15, 0.2) is 24.3 Å². The molecule has 8 heteroatoms. The summed E-state index contributed by atoms with van der Waals surface area (Å²) in [6, 6.07) is 8.31. The van der Waals surface area contributed by atoms with Gasteiger partial charge >= 0.3 is 0 Å². The maximum atomic E-state index is 12.5. The fourth-order valence-electron chi connectivity index (χ4n) is 4.14. The summed E-state index contributed by atoms with van der Waals surface area (Å²) in [5, 5.41) is 4.32. The largest absolute Gasteiger partial charge is 0.379 e. The predicted molar refractivity (Wildman–Crippen MR) is 121 cm³/mol. The molecule has 1 N–H and O–H groups in total. The number of hydrogen-bond donors (Lipinski definition) is 1. The van der Waals surface area contributed by atoms with Gasteiger partial charge in [0.1, 0.15) is 5.01 Å². The molecular weight excluding hydrogens is 398 g/mol. The van der Waals surface area contributed by atoms with Crippen molar-refractivity contribution in [1.29, 1.82) is 0 Å². The highest BCUT2D eigenvalue weighted by Gasteiger charge is 2.29. The minimum absolute atomic E-state index is 0.0462. The van der Waals surface area contributed by atoms with Crippen LogP contribution >= 0.6 is 11.3 Å². The molecule has 2 aliphatic rings. The Kier molecular flexibility index (Phi) is 7.00. The number of hydrogen-bond acceptors (Lipinski definition) is 7. The van der Waals surface area contributed by atoms with Crippen LogP contribution in [0.3, 0.4) is 0 Å². The van der Waals surface area contributed by atoms with Crippen molar-refractivity contribution in [1.82, 2.24) is 25.0 Å². The van der Waals surface area contributed by atoms with E-state index in [1.165, 1.54) is 9.71 Å². The van der Waals surface area contributed by atoms with Crippen LogP contribution in [0.4, 0.5) is 0 Å². The lowest BCUT2D eigenvalue weighted by Crippen LogP contribution is -2.56. The molecule has 3 heterocycles. The van der Waals surface area contributed by atoms with Crippen molar-refractivity contribution in [3.05, 3.63) is 29.3 Å². The summed E-state index contributed by atoms with van der Waals surface area (Å²) in [4.78, 5) is 24.3. The number of thiazole rings is 1. The topological polar surface area (TPSA) is 60.9 Å². The second-order valence-corrected chi connectivity index (χ2v) is 9.93. The average molecular weight is 432 g/mol. The van der Waals surface area contributed by atoms with E-state index in [9.17, 15) is 4.79 Å². The second kappa shape index (κ2) is 9.70. The minimum atomic E-state index is -0.0462. The van der Waals surface area contributed by atoms with E-state index in [-0.39, 0.29) is 11.4 Å². The fourth-order valence-corrected chi connectivity index (χ4v) is 5.15. The number of ether oxygens (including phenoxy) is 1. The number of aromatic nitrogens is 1. The first kappa shape index (κ1) is 21.6. The van der Waals surface area contributed by atoms with E-state index in [0.717, 1.165) is 64.5 Å². The van der Waals surface area contributed by atoms with Gasteiger partial charge < -0.3 is 10.1 Å². The van der Waals surface area contributed by atoms with Crippen LogP contribution in [0.5, 0.6) is 0 Å². The van der Waals surface area contributed by atoms with E-state index in [1.54, 1.807) is 11.3 Å². The Labute approximate surface area is 183 Å². The number of para-hydroxylation sites is 1. The van der Waals surface area contributed by atoms with Gasteiger partial charge in [-0.25, -0.2) is 4.98 Å². The zero-order valence-electron chi connectivity index (χ0n) is 18.1. The molecule has 0 atom stereocenters. The number of rotatable bonds is 7. The zero-order valence-corrected chi connectivity index (χ0v) is 18.9. The molecule has 7 nitrogen and oxygen atoms in total. The molecule has 0 bridgehead atoms. The molecular formula is C22H33N5O2S. The summed E-state index contributed by atoms with van der Waals surface area (Å²) >= 11 is 1.78. The summed E-state index contributed by atoms with van der Waals surface area (Å²) in [6.07, 6.45) is 0. The van der Waals surface area contributed by atoms with Crippen LogP contribution < -0.4 is 5.32 Å². The molecule has 164 valence electrons. The zero-order chi connectivity index (χ0) is 21.0. The molecule has 4 rings (SSSR count). The maximum absolute atomic E-state index is 12.5. The molecule has 0 saturated carbocycles. The smallest absolute Gasteiger partial charge is 0.234 e. The monoisotopic (exact) mass is 431 g/mol. The lowest BCUT2D eigenvalue weighted by Gasteiger charge is -2.41. The van der Waals surface area contributed by atoms with E-state index in [2.05, 4.69) is 52.1 Å². The number of amides is 1. The van der Waals surface area contributed by atoms with Gasteiger partial charge in [0.25, 0.3) is 0 Å². The Morgan fingerprint density at radius 3 is 2.53 bits per heavy atom.